The number of allylic oxidation sites excluding steroid dienone is 1. The number of para-hydroxylation sites is 3. The number of hydrogen-bond acceptors (Lipinski definition) is 6. The smallest absolute Gasteiger partial charge is 0.209 e. The number of hydrogen-bond donors (Lipinski definition) is 3. The third-order valence-electron chi connectivity index (χ3n) is 5.03. The Kier molecular flexibility index (Phi) is 6.05. The summed E-state index contributed by atoms with van der Waals surface area (Å²) in [5, 5.41) is 16.1. The minimum absolute atomic E-state index is 0.227. The summed E-state index contributed by atoms with van der Waals surface area (Å²) in [6.45, 7) is 0. The van der Waals surface area contributed by atoms with Crippen molar-refractivity contribution >= 4 is 40.4 Å². The molecule has 0 spiro atoms. The Balaban J connectivity index is 1.46. The maximum absolute atomic E-state index is 12.7. The highest BCUT2D eigenvalue weighted by Crippen LogP contribution is 2.28. The van der Waals surface area contributed by atoms with Gasteiger partial charge in [0.15, 0.2) is 10.9 Å². The van der Waals surface area contributed by atoms with Crippen molar-refractivity contribution in [3.63, 3.8) is 0 Å². The van der Waals surface area contributed by atoms with E-state index in [1.54, 1.807) is 10.9 Å². The van der Waals surface area contributed by atoms with Crippen molar-refractivity contribution < 1.29 is 0 Å². The van der Waals surface area contributed by atoms with Crippen LogP contribution >= 0.6 is 11.8 Å². The fraction of sp³-hybridized carbons (Fsp3) is 0. The lowest BCUT2D eigenvalue weighted by Gasteiger charge is -2.12. The van der Waals surface area contributed by atoms with E-state index in [9.17, 15) is 4.79 Å². The first kappa shape index (κ1) is 21.4. The van der Waals surface area contributed by atoms with E-state index in [1.807, 2.05) is 78.9 Å². The van der Waals surface area contributed by atoms with Crippen LogP contribution in [0.3, 0.4) is 0 Å². The van der Waals surface area contributed by atoms with E-state index in [1.165, 1.54) is 23.9 Å². The van der Waals surface area contributed by atoms with Crippen molar-refractivity contribution in [3.8, 4) is 5.69 Å². The van der Waals surface area contributed by atoms with Gasteiger partial charge in [0.05, 0.1) is 22.4 Å². The molecule has 0 amide bonds. The Morgan fingerprint density at radius 1 is 1.00 bits per heavy atom. The third kappa shape index (κ3) is 4.67. The van der Waals surface area contributed by atoms with E-state index < -0.39 is 0 Å². The standard InChI is InChI=1S/C26H20N6OS/c27-15-13-23(28-18-7-2-1-3-8-18)25-24(33)14-16-32(31-25)19-9-6-10-20(17-19)34-26-29-21-11-4-5-12-22(21)30-26/h1-17,27-28H,(H,29,30)/b23-13-,27-15?. The van der Waals surface area contributed by atoms with Crippen molar-refractivity contribution in [3.05, 3.63) is 113 Å². The molecule has 0 aliphatic heterocycles. The van der Waals surface area contributed by atoms with E-state index in [0.717, 1.165) is 38.7 Å². The van der Waals surface area contributed by atoms with Crippen molar-refractivity contribution in [2.45, 2.75) is 10.1 Å². The molecule has 3 aromatic carbocycles. The van der Waals surface area contributed by atoms with Crippen LogP contribution in [0.4, 0.5) is 5.69 Å². The number of aromatic nitrogens is 4. The summed E-state index contributed by atoms with van der Waals surface area (Å²) in [5.41, 5.74) is 3.96. The molecule has 0 unspecified atom stereocenters. The molecule has 34 heavy (non-hydrogen) atoms. The first-order valence-corrected chi connectivity index (χ1v) is 11.4. The Labute approximate surface area is 199 Å². The second-order valence-corrected chi connectivity index (χ2v) is 8.43. The van der Waals surface area contributed by atoms with Crippen molar-refractivity contribution in [2.24, 2.45) is 0 Å². The van der Waals surface area contributed by atoms with Gasteiger partial charge in [-0.05, 0) is 48.5 Å². The molecule has 3 N–H and O–H groups in total. The molecule has 5 aromatic rings. The second-order valence-electron chi connectivity index (χ2n) is 7.37. The first-order chi connectivity index (χ1) is 16.7. The lowest BCUT2D eigenvalue weighted by Crippen LogP contribution is -2.18. The molecular weight excluding hydrogens is 444 g/mol. The van der Waals surface area contributed by atoms with E-state index in [0.29, 0.717) is 5.70 Å². The number of imidazole rings is 1. The highest BCUT2D eigenvalue weighted by Gasteiger charge is 2.11. The molecule has 0 saturated carbocycles. The van der Waals surface area contributed by atoms with Gasteiger partial charge in [0, 0.05) is 29.1 Å². The van der Waals surface area contributed by atoms with E-state index in [-0.39, 0.29) is 11.1 Å². The molecule has 0 radical (unpaired) electrons. The number of nitrogens with one attached hydrogen (secondary N) is 3. The Morgan fingerprint density at radius 3 is 2.65 bits per heavy atom. The zero-order valence-electron chi connectivity index (χ0n) is 18.0. The Bertz CT molecular complexity index is 1520. The van der Waals surface area contributed by atoms with Gasteiger partial charge in [-0.1, -0.05) is 48.2 Å². The van der Waals surface area contributed by atoms with Gasteiger partial charge in [0.1, 0.15) is 0 Å². The third-order valence-corrected chi connectivity index (χ3v) is 5.91. The van der Waals surface area contributed by atoms with Crippen LogP contribution in [0.5, 0.6) is 0 Å². The minimum Gasteiger partial charge on any atom is -0.354 e. The topological polar surface area (TPSA) is 99.4 Å². The van der Waals surface area contributed by atoms with Gasteiger partial charge in [-0.25, -0.2) is 9.67 Å². The molecule has 166 valence electrons. The molecule has 0 atom stereocenters. The largest absolute Gasteiger partial charge is 0.354 e. The summed E-state index contributed by atoms with van der Waals surface area (Å²) >= 11 is 1.52. The van der Waals surface area contributed by atoms with Gasteiger partial charge in [-0.15, -0.1) is 0 Å². The number of rotatable bonds is 7. The molecule has 0 saturated heterocycles. The van der Waals surface area contributed by atoms with Crippen LogP contribution < -0.4 is 10.7 Å². The fourth-order valence-electron chi connectivity index (χ4n) is 3.46. The molecule has 5 rings (SSSR count). The Morgan fingerprint density at radius 2 is 1.82 bits per heavy atom. The molecule has 0 fully saturated rings. The minimum atomic E-state index is -0.236. The van der Waals surface area contributed by atoms with Gasteiger partial charge >= 0.3 is 0 Å². The highest BCUT2D eigenvalue weighted by molar-refractivity contribution is 7.99. The number of H-pyrrole nitrogens is 1. The predicted molar refractivity (Wildman–Crippen MR) is 137 cm³/mol. The van der Waals surface area contributed by atoms with Crippen molar-refractivity contribution in [2.75, 3.05) is 5.32 Å². The lowest BCUT2D eigenvalue weighted by atomic mass is 10.2. The van der Waals surface area contributed by atoms with Crippen LogP contribution in [-0.4, -0.2) is 26.0 Å². The maximum Gasteiger partial charge on any atom is 0.209 e. The molecule has 2 aromatic heterocycles. The van der Waals surface area contributed by atoms with Crippen LogP contribution in [0.1, 0.15) is 5.69 Å². The average Bonchev–Trinajstić information content (AvgIpc) is 3.27. The zero-order valence-corrected chi connectivity index (χ0v) is 18.8. The summed E-state index contributed by atoms with van der Waals surface area (Å²) in [4.78, 5) is 21.6. The second kappa shape index (κ2) is 9.60. The number of nitrogens with zero attached hydrogens (tertiary/aromatic N) is 3. The van der Waals surface area contributed by atoms with Crippen LogP contribution in [0.25, 0.3) is 22.4 Å². The highest BCUT2D eigenvalue weighted by atomic mass is 32.2. The van der Waals surface area contributed by atoms with Gasteiger partial charge in [-0.2, -0.15) is 5.10 Å². The first-order valence-electron chi connectivity index (χ1n) is 10.6. The quantitative estimate of drug-likeness (QED) is 0.282. The molecule has 0 bridgehead atoms. The summed E-state index contributed by atoms with van der Waals surface area (Å²) in [6.07, 6.45) is 4.30. The summed E-state index contributed by atoms with van der Waals surface area (Å²) in [5.74, 6) is 0. The fourth-order valence-corrected chi connectivity index (χ4v) is 4.31. The van der Waals surface area contributed by atoms with E-state index >= 15 is 0 Å². The van der Waals surface area contributed by atoms with Crippen LogP contribution in [0.15, 0.2) is 112 Å². The van der Waals surface area contributed by atoms with Crippen LogP contribution in [0.2, 0.25) is 0 Å². The maximum atomic E-state index is 12.7. The normalized spacial score (nSPS) is 11.5. The number of anilines is 1. The summed E-state index contributed by atoms with van der Waals surface area (Å²) < 4.78 is 1.66. The van der Waals surface area contributed by atoms with Crippen LogP contribution in [-0.2, 0) is 0 Å². The predicted octanol–water partition coefficient (Wildman–Crippen LogP) is 5.36. The van der Waals surface area contributed by atoms with Gasteiger partial charge in [-0.3, -0.25) is 4.79 Å². The molecule has 0 aliphatic carbocycles. The van der Waals surface area contributed by atoms with E-state index in [2.05, 4.69) is 20.4 Å². The summed E-state index contributed by atoms with van der Waals surface area (Å²) in [6, 6.07) is 26.7. The molecule has 8 heteroatoms. The SMILES string of the molecule is N=C/C=C(\Nc1ccccc1)c1nn(-c2cccc(Sc3nc4ccccc4[nH]3)c2)ccc1=O. The monoisotopic (exact) mass is 464 g/mol. The van der Waals surface area contributed by atoms with Crippen LogP contribution in [0, 0.1) is 5.41 Å². The summed E-state index contributed by atoms with van der Waals surface area (Å²) in [7, 11) is 0. The van der Waals surface area contributed by atoms with Crippen molar-refractivity contribution in [1.82, 2.24) is 19.7 Å². The molecule has 0 aliphatic rings. The number of fused-ring (bicyclic) bond motifs is 1. The average molecular weight is 465 g/mol. The van der Waals surface area contributed by atoms with E-state index in [4.69, 9.17) is 5.41 Å². The van der Waals surface area contributed by atoms with Gasteiger partial charge < -0.3 is 15.7 Å². The lowest BCUT2D eigenvalue weighted by molar-refractivity contribution is 0.822. The zero-order chi connectivity index (χ0) is 23.3. The number of aromatic amines is 1. The molecular formula is C26H20N6OS. The Hall–Kier alpha value is -4.43. The molecule has 2 heterocycles. The van der Waals surface area contributed by atoms with Crippen molar-refractivity contribution in [1.29, 1.82) is 5.41 Å². The number of benzene rings is 3. The van der Waals surface area contributed by atoms with Gasteiger partial charge in [0.2, 0.25) is 5.43 Å². The van der Waals surface area contributed by atoms with Gasteiger partial charge in [0.25, 0.3) is 0 Å². The molecule has 7 nitrogen and oxygen atoms in total.